The van der Waals surface area contributed by atoms with Crippen molar-refractivity contribution >= 4 is 44.9 Å². The van der Waals surface area contributed by atoms with Gasteiger partial charge in [-0.3, -0.25) is 4.79 Å². The average molecular weight is 542 g/mol. The third kappa shape index (κ3) is 6.91. The maximum absolute atomic E-state index is 13.5. The van der Waals surface area contributed by atoms with Crippen LogP contribution in [0.25, 0.3) is 0 Å². The molecule has 6 nitrogen and oxygen atoms in total. The molecule has 2 heterocycles. The summed E-state index contributed by atoms with van der Waals surface area (Å²) in [6, 6.07) is 21.1. The number of halogens is 1. The Morgan fingerprint density at radius 3 is 2.50 bits per heavy atom. The summed E-state index contributed by atoms with van der Waals surface area (Å²) in [5.41, 5.74) is 1.72. The zero-order chi connectivity index (χ0) is 23.8. The molecule has 178 valence electrons. The molecule has 0 spiro atoms. The van der Waals surface area contributed by atoms with E-state index in [0.717, 1.165) is 27.8 Å². The first-order chi connectivity index (χ1) is 16.6. The Hall–Kier alpha value is -2.68. The van der Waals surface area contributed by atoms with Gasteiger partial charge in [-0.05, 0) is 57.9 Å². The van der Waals surface area contributed by atoms with Crippen LogP contribution in [0.3, 0.4) is 0 Å². The predicted octanol–water partition coefficient (Wildman–Crippen LogP) is 5.75. The van der Waals surface area contributed by atoms with Gasteiger partial charge in [-0.15, -0.1) is 11.3 Å². The van der Waals surface area contributed by atoms with Gasteiger partial charge in [-0.2, -0.15) is 0 Å². The van der Waals surface area contributed by atoms with E-state index in [2.05, 4.69) is 21.2 Å². The molecule has 0 bridgehead atoms. The second-order valence-corrected chi connectivity index (χ2v) is 10.1. The normalized spacial score (nSPS) is 15.1. The van der Waals surface area contributed by atoms with Crippen LogP contribution in [-0.4, -0.2) is 47.5 Å². The highest BCUT2D eigenvalue weighted by Crippen LogP contribution is 2.22. The summed E-state index contributed by atoms with van der Waals surface area (Å²) >= 11 is 5.10. The number of nitrogens with one attached hydrogen (secondary N) is 1. The fourth-order valence-corrected chi connectivity index (χ4v) is 5.00. The first-order valence-corrected chi connectivity index (χ1v) is 13.0. The largest absolute Gasteiger partial charge is 0.376 e. The summed E-state index contributed by atoms with van der Waals surface area (Å²) < 4.78 is 6.56. The first kappa shape index (κ1) is 24.4. The van der Waals surface area contributed by atoms with Crippen molar-refractivity contribution in [1.82, 2.24) is 9.80 Å². The lowest BCUT2D eigenvalue weighted by molar-refractivity contribution is -0.133. The van der Waals surface area contributed by atoms with Gasteiger partial charge in [0.2, 0.25) is 5.91 Å². The van der Waals surface area contributed by atoms with Crippen LogP contribution < -0.4 is 5.32 Å². The number of carbonyl (C=O) groups excluding carboxylic acids is 2. The van der Waals surface area contributed by atoms with Crippen LogP contribution in [0.2, 0.25) is 0 Å². The second-order valence-electron chi connectivity index (χ2n) is 8.24. The topological polar surface area (TPSA) is 61.9 Å². The Bertz CT molecular complexity index is 1070. The molecule has 1 aliphatic heterocycles. The van der Waals surface area contributed by atoms with Crippen LogP contribution in [-0.2, 0) is 22.6 Å². The molecule has 34 heavy (non-hydrogen) atoms. The predicted molar refractivity (Wildman–Crippen MR) is 139 cm³/mol. The van der Waals surface area contributed by atoms with Gasteiger partial charge in [0, 0.05) is 29.0 Å². The molecule has 2 aromatic carbocycles. The smallest absolute Gasteiger partial charge is 0.322 e. The Morgan fingerprint density at radius 2 is 1.79 bits per heavy atom. The molecular formula is C26H28BrN3O3S. The van der Waals surface area contributed by atoms with E-state index in [1.807, 2.05) is 77.0 Å². The summed E-state index contributed by atoms with van der Waals surface area (Å²) in [5.74, 6) is -0.0995. The van der Waals surface area contributed by atoms with Crippen LogP contribution in [0.1, 0.15) is 23.3 Å². The van der Waals surface area contributed by atoms with E-state index in [1.165, 1.54) is 0 Å². The van der Waals surface area contributed by atoms with Gasteiger partial charge >= 0.3 is 6.03 Å². The quantitative estimate of drug-likeness (QED) is 0.375. The van der Waals surface area contributed by atoms with Crippen LogP contribution in [0.15, 0.2) is 76.6 Å². The molecule has 0 saturated carbocycles. The van der Waals surface area contributed by atoms with Gasteiger partial charge in [0.1, 0.15) is 6.54 Å². The zero-order valence-electron chi connectivity index (χ0n) is 18.9. The number of urea groups is 1. The summed E-state index contributed by atoms with van der Waals surface area (Å²) in [6.45, 7) is 2.04. The maximum Gasteiger partial charge on any atom is 0.322 e. The minimum atomic E-state index is -0.313. The number of hydrogen-bond donors (Lipinski definition) is 1. The number of para-hydroxylation sites is 1. The van der Waals surface area contributed by atoms with Gasteiger partial charge in [0.15, 0.2) is 0 Å². The van der Waals surface area contributed by atoms with Crippen molar-refractivity contribution < 1.29 is 14.3 Å². The number of nitrogens with zero attached hydrogens (tertiary/aromatic N) is 2. The Balaban J connectivity index is 1.51. The average Bonchev–Trinajstić information content (AvgIpc) is 3.55. The van der Waals surface area contributed by atoms with E-state index in [4.69, 9.17) is 4.74 Å². The van der Waals surface area contributed by atoms with E-state index in [-0.39, 0.29) is 24.6 Å². The number of amides is 3. The van der Waals surface area contributed by atoms with Gasteiger partial charge < -0.3 is 19.9 Å². The fourth-order valence-electron chi connectivity index (χ4n) is 3.90. The number of ether oxygens (including phenoxy) is 1. The summed E-state index contributed by atoms with van der Waals surface area (Å²) in [6.07, 6.45) is 1.80. The lowest BCUT2D eigenvalue weighted by Crippen LogP contribution is -2.46. The number of hydrogen-bond acceptors (Lipinski definition) is 4. The standard InChI is InChI=1S/C26H28BrN3O3S/c27-23-12-4-5-13-24(23)28-26(32)30(17-21-10-6-14-33-21)19-25(31)29(18-22-11-7-15-34-22)16-20-8-2-1-3-9-20/h1-5,7-9,11-13,15,21H,6,10,14,16-19H2,(H,28,32)/t21-/m1/s1. The van der Waals surface area contributed by atoms with E-state index in [9.17, 15) is 9.59 Å². The molecule has 0 aliphatic carbocycles. The summed E-state index contributed by atoms with van der Waals surface area (Å²) in [4.78, 5) is 31.3. The summed E-state index contributed by atoms with van der Waals surface area (Å²) in [7, 11) is 0. The van der Waals surface area contributed by atoms with Crippen molar-refractivity contribution in [2.24, 2.45) is 0 Å². The minimum absolute atomic E-state index is 0.0195. The molecule has 1 saturated heterocycles. The molecule has 4 rings (SSSR count). The highest BCUT2D eigenvalue weighted by Gasteiger charge is 2.27. The Labute approximate surface area is 212 Å². The number of carbonyl (C=O) groups is 2. The lowest BCUT2D eigenvalue weighted by atomic mass is 10.2. The lowest BCUT2D eigenvalue weighted by Gasteiger charge is -2.29. The van der Waals surface area contributed by atoms with Gasteiger partial charge in [-0.1, -0.05) is 48.5 Å². The van der Waals surface area contributed by atoms with Crippen LogP contribution in [0.5, 0.6) is 0 Å². The maximum atomic E-state index is 13.5. The molecule has 3 aromatic rings. The van der Waals surface area contributed by atoms with Crippen LogP contribution in [0.4, 0.5) is 10.5 Å². The molecule has 1 aromatic heterocycles. The van der Waals surface area contributed by atoms with E-state index in [1.54, 1.807) is 16.2 Å². The van der Waals surface area contributed by atoms with Crippen molar-refractivity contribution in [3.8, 4) is 0 Å². The van der Waals surface area contributed by atoms with E-state index < -0.39 is 0 Å². The first-order valence-electron chi connectivity index (χ1n) is 11.3. The van der Waals surface area contributed by atoms with Gasteiger partial charge in [0.25, 0.3) is 0 Å². The molecule has 1 atom stereocenters. The molecule has 1 N–H and O–H groups in total. The SMILES string of the molecule is O=C(CN(C[C@H]1CCCO1)C(=O)Nc1ccccc1Br)N(Cc1ccccc1)Cc1cccs1. The van der Waals surface area contributed by atoms with E-state index in [0.29, 0.717) is 31.9 Å². The molecule has 1 fully saturated rings. The molecule has 1 aliphatic rings. The molecule has 0 unspecified atom stereocenters. The number of benzene rings is 2. The highest BCUT2D eigenvalue weighted by molar-refractivity contribution is 9.10. The summed E-state index contributed by atoms with van der Waals surface area (Å²) in [5, 5.41) is 4.95. The molecule has 8 heteroatoms. The van der Waals surface area contributed by atoms with Gasteiger partial charge in [0.05, 0.1) is 18.3 Å². The second kappa shape index (κ2) is 12.1. The third-order valence-corrected chi connectivity index (χ3v) is 7.23. The molecular weight excluding hydrogens is 514 g/mol. The Morgan fingerprint density at radius 1 is 1.00 bits per heavy atom. The third-order valence-electron chi connectivity index (χ3n) is 5.67. The number of thiophene rings is 1. The molecule has 3 amide bonds. The van der Waals surface area contributed by atoms with Crippen LogP contribution in [0, 0.1) is 0 Å². The monoisotopic (exact) mass is 541 g/mol. The number of rotatable bonds is 9. The van der Waals surface area contributed by atoms with Crippen molar-refractivity contribution in [2.45, 2.75) is 32.0 Å². The van der Waals surface area contributed by atoms with Crippen molar-refractivity contribution in [3.05, 3.63) is 87.0 Å². The van der Waals surface area contributed by atoms with E-state index >= 15 is 0 Å². The van der Waals surface area contributed by atoms with Gasteiger partial charge in [-0.25, -0.2) is 4.79 Å². The zero-order valence-corrected chi connectivity index (χ0v) is 21.3. The van der Waals surface area contributed by atoms with Crippen LogP contribution >= 0.6 is 27.3 Å². The van der Waals surface area contributed by atoms with Crippen molar-refractivity contribution in [2.75, 3.05) is 25.0 Å². The minimum Gasteiger partial charge on any atom is -0.376 e. The molecule has 0 radical (unpaired) electrons. The van der Waals surface area contributed by atoms with Crippen molar-refractivity contribution in [3.63, 3.8) is 0 Å². The highest BCUT2D eigenvalue weighted by atomic mass is 79.9. The Kier molecular flexibility index (Phi) is 8.73. The number of anilines is 1. The van der Waals surface area contributed by atoms with Crippen molar-refractivity contribution in [1.29, 1.82) is 0 Å². The fraction of sp³-hybridized carbons (Fsp3) is 0.308.